The van der Waals surface area contributed by atoms with Crippen molar-refractivity contribution in [2.24, 2.45) is 0 Å². The molecule has 2 aliphatic rings. The maximum Gasteiger partial charge on any atom is 0.267 e. The third-order valence-corrected chi connectivity index (χ3v) is 6.57. The van der Waals surface area contributed by atoms with Crippen molar-refractivity contribution in [2.75, 3.05) is 37.6 Å². The molecular weight excluding hydrogens is 410 g/mol. The molecule has 1 unspecified atom stereocenters. The number of carbonyl (C=O) groups excluding carboxylic acids is 2. The topological polar surface area (TPSA) is 53.1 Å². The van der Waals surface area contributed by atoms with Crippen LogP contribution in [0.1, 0.15) is 18.2 Å². The molecule has 3 heterocycles. The minimum atomic E-state index is -0.533. The number of piperazine rings is 1. The molecule has 154 valence electrons. The van der Waals surface area contributed by atoms with Crippen molar-refractivity contribution in [1.29, 1.82) is 0 Å². The molecule has 1 atom stereocenters. The van der Waals surface area contributed by atoms with E-state index in [9.17, 15) is 9.59 Å². The Labute approximate surface area is 179 Å². The molecule has 0 spiro atoms. The predicted molar refractivity (Wildman–Crippen MR) is 115 cm³/mol. The van der Waals surface area contributed by atoms with Crippen LogP contribution in [0.15, 0.2) is 36.4 Å². The number of ether oxygens (including phenoxy) is 1. The minimum Gasteiger partial charge on any atom is -0.479 e. The number of fused-ring (bicyclic) bond motifs is 1. The van der Waals surface area contributed by atoms with Crippen molar-refractivity contribution in [3.05, 3.63) is 45.6 Å². The number of amides is 2. The van der Waals surface area contributed by atoms with Crippen molar-refractivity contribution in [1.82, 2.24) is 9.80 Å². The first-order valence-electron chi connectivity index (χ1n) is 9.82. The second kappa shape index (κ2) is 8.73. The van der Waals surface area contributed by atoms with Gasteiger partial charge in [-0.3, -0.25) is 14.5 Å². The number of thiophene rings is 1. The van der Waals surface area contributed by atoms with E-state index in [1.54, 1.807) is 23.2 Å². The Morgan fingerprint density at radius 2 is 1.93 bits per heavy atom. The van der Waals surface area contributed by atoms with Crippen molar-refractivity contribution in [3.8, 4) is 5.75 Å². The van der Waals surface area contributed by atoms with Crippen LogP contribution in [0.5, 0.6) is 5.75 Å². The van der Waals surface area contributed by atoms with Gasteiger partial charge in [0.05, 0.1) is 10.0 Å². The van der Waals surface area contributed by atoms with Crippen LogP contribution < -0.4 is 9.64 Å². The number of anilines is 1. The Bertz CT molecular complexity index is 895. The summed E-state index contributed by atoms with van der Waals surface area (Å²) in [5, 5.41) is 0. The molecule has 1 saturated heterocycles. The Morgan fingerprint density at radius 1 is 1.17 bits per heavy atom. The van der Waals surface area contributed by atoms with Gasteiger partial charge < -0.3 is 14.5 Å². The summed E-state index contributed by atoms with van der Waals surface area (Å²) in [7, 11) is 0. The van der Waals surface area contributed by atoms with Gasteiger partial charge in [0.1, 0.15) is 5.75 Å². The zero-order valence-electron chi connectivity index (χ0n) is 16.3. The molecule has 0 saturated carbocycles. The summed E-state index contributed by atoms with van der Waals surface area (Å²) in [5.74, 6) is 0.679. The van der Waals surface area contributed by atoms with E-state index in [1.165, 1.54) is 4.88 Å². The maximum atomic E-state index is 12.7. The summed E-state index contributed by atoms with van der Waals surface area (Å²) >= 11 is 7.61. The fourth-order valence-corrected chi connectivity index (χ4v) is 4.90. The SMILES string of the molecule is CC1Oc2ccccc2N(CCC(=O)N2CCN(Cc3ccc(Cl)s3)CC2)C1=O. The smallest absolute Gasteiger partial charge is 0.267 e. The van der Waals surface area contributed by atoms with Crippen molar-refractivity contribution in [3.63, 3.8) is 0 Å². The fraction of sp³-hybridized carbons (Fsp3) is 0.429. The molecule has 1 aromatic heterocycles. The van der Waals surface area contributed by atoms with Gasteiger partial charge in [0.25, 0.3) is 5.91 Å². The second-order valence-electron chi connectivity index (χ2n) is 7.33. The van der Waals surface area contributed by atoms with Gasteiger partial charge in [0, 0.05) is 50.6 Å². The zero-order chi connectivity index (χ0) is 20.4. The number of carbonyl (C=O) groups is 2. The highest BCUT2D eigenvalue weighted by atomic mass is 35.5. The summed E-state index contributed by atoms with van der Waals surface area (Å²) < 4.78 is 6.47. The first-order chi connectivity index (χ1) is 14.0. The molecule has 29 heavy (non-hydrogen) atoms. The summed E-state index contributed by atoms with van der Waals surface area (Å²) in [6.07, 6.45) is -0.220. The quantitative estimate of drug-likeness (QED) is 0.726. The second-order valence-corrected chi connectivity index (χ2v) is 9.13. The summed E-state index contributed by atoms with van der Waals surface area (Å²) in [6, 6.07) is 11.5. The monoisotopic (exact) mass is 433 g/mol. The van der Waals surface area contributed by atoms with Crippen molar-refractivity contribution >= 4 is 40.4 Å². The molecular formula is C21H24ClN3O3S. The molecule has 0 radical (unpaired) electrons. The normalized spacial score (nSPS) is 19.8. The van der Waals surface area contributed by atoms with Crippen LogP contribution in [0, 0.1) is 0 Å². The lowest BCUT2D eigenvalue weighted by Gasteiger charge is -2.36. The number of para-hydroxylation sites is 2. The molecule has 2 amide bonds. The Morgan fingerprint density at radius 3 is 2.66 bits per heavy atom. The molecule has 4 rings (SSSR count). The molecule has 1 fully saturated rings. The van der Waals surface area contributed by atoms with Crippen molar-refractivity contribution < 1.29 is 14.3 Å². The van der Waals surface area contributed by atoms with E-state index >= 15 is 0 Å². The summed E-state index contributed by atoms with van der Waals surface area (Å²) in [6.45, 7) is 6.10. The van der Waals surface area contributed by atoms with E-state index in [-0.39, 0.29) is 11.8 Å². The van der Waals surface area contributed by atoms with Crippen LogP contribution in [0.2, 0.25) is 4.34 Å². The number of benzene rings is 1. The molecule has 0 N–H and O–H groups in total. The average Bonchev–Trinajstić information content (AvgIpc) is 3.13. The Hall–Kier alpha value is -2.09. The van der Waals surface area contributed by atoms with Gasteiger partial charge in [0.15, 0.2) is 6.10 Å². The highest BCUT2D eigenvalue weighted by Crippen LogP contribution is 2.33. The molecule has 6 nitrogen and oxygen atoms in total. The van der Waals surface area contributed by atoms with Crippen LogP contribution in [0.25, 0.3) is 0 Å². The van der Waals surface area contributed by atoms with Gasteiger partial charge >= 0.3 is 0 Å². The largest absolute Gasteiger partial charge is 0.479 e. The zero-order valence-corrected chi connectivity index (χ0v) is 17.9. The van der Waals surface area contributed by atoms with E-state index in [1.807, 2.05) is 35.2 Å². The highest BCUT2D eigenvalue weighted by molar-refractivity contribution is 7.16. The van der Waals surface area contributed by atoms with Crippen LogP contribution in [0.4, 0.5) is 5.69 Å². The summed E-state index contributed by atoms with van der Waals surface area (Å²) in [5.41, 5.74) is 0.739. The number of halogens is 1. The average molecular weight is 434 g/mol. The Kier molecular flexibility index (Phi) is 6.08. The van der Waals surface area contributed by atoms with Gasteiger partial charge in [-0.1, -0.05) is 23.7 Å². The van der Waals surface area contributed by atoms with Crippen LogP contribution >= 0.6 is 22.9 Å². The number of hydrogen-bond acceptors (Lipinski definition) is 5. The van der Waals surface area contributed by atoms with Gasteiger partial charge in [-0.05, 0) is 31.2 Å². The van der Waals surface area contributed by atoms with Crippen LogP contribution in [-0.2, 0) is 16.1 Å². The molecule has 0 aliphatic carbocycles. The third kappa shape index (κ3) is 4.57. The molecule has 1 aromatic carbocycles. The third-order valence-electron chi connectivity index (χ3n) is 5.36. The molecule has 8 heteroatoms. The van der Waals surface area contributed by atoms with E-state index in [4.69, 9.17) is 16.3 Å². The molecule has 2 aliphatic heterocycles. The van der Waals surface area contributed by atoms with Gasteiger partial charge in [-0.25, -0.2) is 0 Å². The van der Waals surface area contributed by atoms with E-state index in [0.717, 1.165) is 29.7 Å². The summed E-state index contributed by atoms with van der Waals surface area (Å²) in [4.78, 5) is 32.5. The van der Waals surface area contributed by atoms with Gasteiger partial charge in [-0.15, -0.1) is 11.3 Å². The standard InChI is InChI=1S/C21H24ClN3O3S/c1-15-21(27)25(17-4-2-3-5-18(17)28-15)9-8-20(26)24-12-10-23(11-13-24)14-16-6-7-19(22)29-16/h2-7,15H,8-14H2,1H3. The first-order valence-corrected chi connectivity index (χ1v) is 11.0. The lowest BCUT2D eigenvalue weighted by atomic mass is 10.1. The van der Waals surface area contributed by atoms with E-state index in [0.29, 0.717) is 31.8 Å². The van der Waals surface area contributed by atoms with E-state index in [2.05, 4.69) is 11.0 Å². The first kappa shape index (κ1) is 20.2. The Balaban J connectivity index is 1.30. The fourth-order valence-electron chi connectivity index (χ4n) is 3.77. The molecule has 0 bridgehead atoms. The van der Waals surface area contributed by atoms with Crippen LogP contribution in [0.3, 0.4) is 0 Å². The van der Waals surface area contributed by atoms with Gasteiger partial charge in [-0.2, -0.15) is 0 Å². The minimum absolute atomic E-state index is 0.0910. The maximum absolute atomic E-state index is 12.7. The predicted octanol–water partition coefficient (Wildman–Crippen LogP) is 3.25. The number of hydrogen-bond donors (Lipinski definition) is 0. The van der Waals surface area contributed by atoms with Gasteiger partial charge in [0.2, 0.25) is 5.91 Å². The highest BCUT2D eigenvalue weighted by Gasteiger charge is 2.32. The number of rotatable bonds is 5. The molecule has 2 aromatic rings. The number of nitrogens with zero attached hydrogens (tertiary/aromatic N) is 3. The van der Waals surface area contributed by atoms with Crippen LogP contribution in [-0.4, -0.2) is 60.4 Å². The van der Waals surface area contributed by atoms with E-state index < -0.39 is 6.10 Å². The van der Waals surface area contributed by atoms with Crippen molar-refractivity contribution in [2.45, 2.75) is 26.0 Å². The lowest BCUT2D eigenvalue weighted by Crippen LogP contribution is -2.50. The lowest BCUT2D eigenvalue weighted by molar-refractivity contribution is -0.133.